The van der Waals surface area contributed by atoms with Crippen LogP contribution < -0.4 is 5.32 Å². The minimum Gasteiger partial charge on any atom is -0.382 e. The number of benzene rings is 1. The van der Waals surface area contributed by atoms with Gasteiger partial charge in [-0.1, -0.05) is 0 Å². The van der Waals surface area contributed by atoms with Crippen LogP contribution in [0.5, 0.6) is 0 Å². The standard InChI is InChI=1S/C13H13IN2O2/c1-16(2)7-11-13(18)10-4-3-9(14)5-8(10)6-12(17)15-11/h3-5,7H,6H2,1-2H3,(H,15,17)/b11-7+. The highest BCUT2D eigenvalue weighted by molar-refractivity contribution is 14.1. The van der Waals surface area contributed by atoms with Gasteiger partial charge in [0.25, 0.3) is 0 Å². The number of ketones is 1. The number of carbonyl (C=O) groups is 2. The summed E-state index contributed by atoms with van der Waals surface area (Å²) in [6.45, 7) is 0. The number of allylic oxidation sites excluding steroid dienone is 1. The van der Waals surface area contributed by atoms with Crippen LogP contribution in [-0.2, 0) is 11.2 Å². The van der Waals surface area contributed by atoms with Crippen LogP contribution >= 0.6 is 22.6 Å². The first-order valence-electron chi connectivity index (χ1n) is 5.48. The second kappa shape index (κ2) is 5.09. The lowest BCUT2D eigenvalue weighted by Crippen LogP contribution is -2.26. The van der Waals surface area contributed by atoms with Crippen LogP contribution in [0.15, 0.2) is 30.1 Å². The van der Waals surface area contributed by atoms with Crippen LogP contribution in [0.1, 0.15) is 15.9 Å². The molecule has 0 saturated carbocycles. The SMILES string of the molecule is CN(C)/C=C1/NC(=O)Cc2cc(I)ccc2C1=O. The lowest BCUT2D eigenvalue weighted by molar-refractivity contribution is -0.119. The first kappa shape index (κ1) is 13.1. The number of hydrogen-bond acceptors (Lipinski definition) is 3. The van der Waals surface area contributed by atoms with Gasteiger partial charge in [-0.3, -0.25) is 9.59 Å². The molecule has 0 fully saturated rings. The van der Waals surface area contributed by atoms with Gasteiger partial charge in [0.1, 0.15) is 5.70 Å². The molecule has 0 unspecified atom stereocenters. The van der Waals surface area contributed by atoms with Crippen molar-refractivity contribution in [2.45, 2.75) is 6.42 Å². The summed E-state index contributed by atoms with van der Waals surface area (Å²) in [4.78, 5) is 25.8. The van der Waals surface area contributed by atoms with E-state index in [2.05, 4.69) is 27.9 Å². The summed E-state index contributed by atoms with van der Waals surface area (Å²) < 4.78 is 1.02. The molecule has 1 aliphatic heterocycles. The molecule has 1 heterocycles. The molecule has 1 aromatic rings. The molecule has 2 rings (SSSR count). The minimum absolute atomic E-state index is 0.138. The van der Waals surface area contributed by atoms with Crippen LogP contribution in [0.2, 0.25) is 0 Å². The zero-order valence-electron chi connectivity index (χ0n) is 10.2. The molecule has 0 radical (unpaired) electrons. The molecule has 1 amide bonds. The molecular weight excluding hydrogens is 343 g/mol. The third kappa shape index (κ3) is 2.72. The second-order valence-corrected chi connectivity index (χ2v) is 5.61. The monoisotopic (exact) mass is 356 g/mol. The predicted octanol–water partition coefficient (Wildman–Crippen LogP) is 1.55. The molecule has 0 aliphatic carbocycles. The molecule has 1 aliphatic rings. The van der Waals surface area contributed by atoms with E-state index < -0.39 is 0 Å². The van der Waals surface area contributed by atoms with Crippen molar-refractivity contribution in [2.24, 2.45) is 0 Å². The number of amides is 1. The highest BCUT2D eigenvalue weighted by atomic mass is 127. The maximum absolute atomic E-state index is 12.3. The molecule has 0 atom stereocenters. The smallest absolute Gasteiger partial charge is 0.228 e. The average molecular weight is 356 g/mol. The molecule has 0 bridgehead atoms. The summed E-state index contributed by atoms with van der Waals surface area (Å²) in [5, 5.41) is 2.65. The number of fused-ring (bicyclic) bond motifs is 1. The molecule has 94 valence electrons. The van der Waals surface area contributed by atoms with Crippen LogP contribution in [0.3, 0.4) is 0 Å². The Balaban J connectivity index is 2.52. The summed E-state index contributed by atoms with van der Waals surface area (Å²) >= 11 is 2.17. The normalized spacial score (nSPS) is 17.2. The molecule has 5 heteroatoms. The summed E-state index contributed by atoms with van der Waals surface area (Å²) in [7, 11) is 3.62. The van der Waals surface area contributed by atoms with Gasteiger partial charge in [0.2, 0.25) is 11.7 Å². The highest BCUT2D eigenvalue weighted by Crippen LogP contribution is 2.20. The van der Waals surface area contributed by atoms with Crippen LogP contribution in [0, 0.1) is 3.57 Å². The minimum atomic E-state index is -0.155. The third-order valence-electron chi connectivity index (χ3n) is 2.57. The van der Waals surface area contributed by atoms with Crippen molar-refractivity contribution < 1.29 is 9.59 Å². The van der Waals surface area contributed by atoms with Crippen molar-refractivity contribution in [1.29, 1.82) is 0 Å². The molecule has 4 nitrogen and oxygen atoms in total. The van der Waals surface area contributed by atoms with E-state index in [9.17, 15) is 9.59 Å². The van der Waals surface area contributed by atoms with Gasteiger partial charge in [-0.25, -0.2) is 0 Å². The summed E-state index contributed by atoms with van der Waals surface area (Å²) in [6.07, 6.45) is 1.87. The second-order valence-electron chi connectivity index (χ2n) is 4.36. The largest absolute Gasteiger partial charge is 0.382 e. The number of halogens is 1. The Morgan fingerprint density at radius 3 is 2.72 bits per heavy atom. The zero-order valence-corrected chi connectivity index (χ0v) is 12.3. The van der Waals surface area contributed by atoms with Crippen molar-refractivity contribution >= 4 is 34.3 Å². The molecule has 0 spiro atoms. The fraction of sp³-hybridized carbons (Fsp3) is 0.231. The lowest BCUT2D eigenvalue weighted by atomic mass is 10.0. The third-order valence-corrected chi connectivity index (χ3v) is 3.24. The van der Waals surface area contributed by atoms with E-state index in [0.29, 0.717) is 11.3 Å². The highest BCUT2D eigenvalue weighted by Gasteiger charge is 2.24. The lowest BCUT2D eigenvalue weighted by Gasteiger charge is -2.10. The van der Waals surface area contributed by atoms with Crippen molar-refractivity contribution in [3.05, 3.63) is 44.8 Å². The fourth-order valence-electron chi connectivity index (χ4n) is 1.85. The van der Waals surface area contributed by atoms with Gasteiger partial charge in [-0.15, -0.1) is 0 Å². The molecule has 1 aromatic carbocycles. The number of carbonyl (C=O) groups excluding carboxylic acids is 2. The van der Waals surface area contributed by atoms with Gasteiger partial charge in [-0.2, -0.15) is 0 Å². The Labute approximate surface area is 119 Å². The maximum Gasteiger partial charge on any atom is 0.228 e. The van der Waals surface area contributed by atoms with Gasteiger partial charge in [0.05, 0.1) is 6.42 Å². The van der Waals surface area contributed by atoms with E-state index in [0.717, 1.165) is 9.13 Å². The van der Waals surface area contributed by atoms with Gasteiger partial charge in [0, 0.05) is 29.4 Å². The number of hydrogen-bond donors (Lipinski definition) is 1. The Kier molecular flexibility index (Phi) is 3.70. The fourth-order valence-corrected chi connectivity index (χ4v) is 2.40. The van der Waals surface area contributed by atoms with E-state index in [1.807, 2.05) is 26.2 Å². The van der Waals surface area contributed by atoms with Crippen molar-refractivity contribution in [1.82, 2.24) is 10.2 Å². The van der Waals surface area contributed by atoms with Crippen LogP contribution in [0.25, 0.3) is 0 Å². The Morgan fingerprint density at radius 1 is 1.33 bits per heavy atom. The summed E-state index contributed by atoms with van der Waals surface area (Å²) in [5.41, 5.74) is 1.71. The number of nitrogens with one attached hydrogen (secondary N) is 1. The van der Waals surface area contributed by atoms with E-state index in [-0.39, 0.29) is 18.1 Å². The number of rotatable bonds is 1. The van der Waals surface area contributed by atoms with Crippen LogP contribution in [-0.4, -0.2) is 30.7 Å². The Morgan fingerprint density at radius 2 is 2.06 bits per heavy atom. The van der Waals surface area contributed by atoms with E-state index >= 15 is 0 Å². The maximum atomic E-state index is 12.3. The molecule has 18 heavy (non-hydrogen) atoms. The first-order chi connectivity index (χ1) is 8.47. The molecule has 1 N–H and O–H groups in total. The molecule has 0 saturated heterocycles. The van der Waals surface area contributed by atoms with E-state index in [4.69, 9.17) is 0 Å². The first-order valence-corrected chi connectivity index (χ1v) is 6.56. The Hall–Kier alpha value is -1.37. The van der Waals surface area contributed by atoms with Gasteiger partial charge in [0.15, 0.2) is 0 Å². The van der Waals surface area contributed by atoms with Crippen LogP contribution in [0.4, 0.5) is 0 Å². The van der Waals surface area contributed by atoms with Gasteiger partial charge >= 0.3 is 0 Å². The van der Waals surface area contributed by atoms with E-state index in [1.54, 1.807) is 17.2 Å². The quantitative estimate of drug-likeness (QED) is 0.614. The number of Topliss-reactive ketones (excluding diaryl/α,β-unsaturated/α-hetero) is 1. The molecular formula is C13H13IN2O2. The average Bonchev–Trinajstić information content (AvgIpc) is 2.36. The summed E-state index contributed by atoms with van der Waals surface area (Å²) in [5.74, 6) is -0.293. The topological polar surface area (TPSA) is 49.4 Å². The van der Waals surface area contributed by atoms with Crippen molar-refractivity contribution in [3.8, 4) is 0 Å². The number of nitrogens with zero attached hydrogens (tertiary/aromatic N) is 1. The summed E-state index contributed by atoms with van der Waals surface area (Å²) in [6, 6.07) is 5.54. The van der Waals surface area contributed by atoms with E-state index in [1.165, 1.54) is 0 Å². The predicted molar refractivity (Wildman–Crippen MR) is 77.1 cm³/mol. The Bertz CT molecular complexity index is 550. The zero-order chi connectivity index (χ0) is 13.3. The van der Waals surface area contributed by atoms with Crippen molar-refractivity contribution in [3.63, 3.8) is 0 Å². The van der Waals surface area contributed by atoms with Gasteiger partial charge in [-0.05, 0) is 46.4 Å². The molecule has 0 aromatic heterocycles. The van der Waals surface area contributed by atoms with Gasteiger partial charge < -0.3 is 10.2 Å². The van der Waals surface area contributed by atoms with Crippen molar-refractivity contribution in [2.75, 3.05) is 14.1 Å².